The van der Waals surface area contributed by atoms with Crippen LogP contribution in [0.1, 0.15) is 5.56 Å². The van der Waals surface area contributed by atoms with Crippen molar-refractivity contribution >= 4 is 28.9 Å². The molecule has 0 fully saturated rings. The van der Waals surface area contributed by atoms with E-state index >= 15 is 0 Å². The molecule has 1 rings (SSSR count). The first kappa shape index (κ1) is 19.6. The van der Waals surface area contributed by atoms with Crippen LogP contribution in [0, 0.1) is 0 Å². The molecule has 0 atom stereocenters. The molecule has 0 saturated heterocycles. The third-order valence-electron chi connectivity index (χ3n) is 2.96. The number of likely N-dealkylation sites (N-methyl/N-ethyl adjacent to an activating group) is 1. The Morgan fingerprint density at radius 3 is 2.25 bits per heavy atom. The molecule has 0 unspecified atom stereocenters. The van der Waals surface area contributed by atoms with Crippen LogP contribution in [0.5, 0.6) is 0 Å². The van der Waals surface area contributed by atoms with Crippen LogP contribution in [-0.4, -0.2) is 17.8 Å². The molecule has 6 heteroatoms. The lowest BCUT2D eigenvalue weighted by Gasteiger charge is -2.18. The highest BCUT2D eigenvalue weighted by atomic mass is 35.5. The molecule has 0 aliphatic rings. The minimum Gasteiger partial charge on any atom is -0.389 e. The Bertz CT molecular complexity index is 708. The van der Waals surface area contributed by atoms with E-state index in [1.807, 2.05) is 36.4 Å². The molecular formula is C18H20Cl2N4. The predicted octanol–water partition coefficient (Wildman–Crippen LogP) is 4.03. The summed E-state index contributed by atoms with van der Waals surface area (Å²) in [4.78, 5) is 0. The van der Waals surface area contributed by atoms with E-state index in [9.17, 15) is 0 Å². The van der Waals surface area contributed by atoms with Crippen LogP contribution in [0.15, 0.2) is 94.5 Å². The maximum absolute atomic E-state index is 5.92. The first-order valence-electron chi connectivity index (χ1n) is 7.01. The van der Waals surface area contributed by atoms with E-state index in [0.717, 1.165) is 11.1 Å². The van der Waals surface area contributed by atoms with E-state index < -0.39 is 0 Å². The molecule has 4 nitrogen and oxygen atoms in total. The summed E-state index contributed by atoms with van der Waals surface area (Å²) in [5, 5.41) is 6.16. The molecule has 0 aliphatic carbocycles. The van der Waals surface area contributed by atoms with Crippen LogP contribution in [0.4, 0.5) is 0 Å². The summed E-state index contributed by atoms with van der Waals surface area (Å²) in [6, 6.07) is 9.64. The predicted molar refractivity (Wildman–Crippen MR) is 104 cm³/mol. The molecule has 0 aliphatic heterocycles. The van der Waals surface area contributed by atoms with Gasteiger partial charge in [-0.2, -0.15) is 5.10 Å². The summed E-state index contributed by atoms with van der Waals surface area (Å²) in [6.45, 7) is 7.55. The summed E-state index contributed by atoms with van der Waals surface area (Å²) in [5.74, 6) is 0. The zero-order chi connectivity index (χ0) is 18.1. The minimum absolute atomic E-state index is 0.0186. The molecule has 4 N–H and O–H groups in total. The largest absolute Gasteiger partial charge is 0.389 e. The van der Waals surface area contributed by atoms with Crippen molar-refractivity contribution < 1.29 is 0 Å². The van der Waals surface area contributed by atoms with E-state index in [4.69, 9.17) is 34.7 Å². The van der Waals surface area contributed by atoms with Crippen LogP contribution in [-0.2, 0) is 0 Å². The molecule has 0 radical (unpaired) electrons. The zero-order valence-electron chi connectivity index (χ0n) is 13.4. The van der Waals surface area contributed by atoms with E-state index in [2.05, 4.69) is 18.3 Å². The van der Waals surface area contributed by atoms with Crippen LogP contribution >= 0.6 is 23.2 Å². The van der Waals surface area contributed by atoms with Crippen molar-refractivity contribution in [3.63, 3.8) is 0 Å². The van der Waals surface area contributed by atoms with Gasteiger partial charge in [0.2, 0.25) is 0 Å². The third-order valence-corrected chi connectivity index (χ3v) is 3.26. The summed E-state index contributed by atoms with van der Waals surface area (Å²) >= 11 is 11.7. The van der Waals surface area contributed by atoms with Crippen molar-refractivity contribution in [2.24, 2.45) is 16.6 Å². The first-order valence-corrected chi connectivity index (χ1v) is 7.77. The van der Waals surface area contributed by atoms with Gasteiger partial charge in [0.25, 0.3) is 0 Å². The molecule has 0 bridgehead atoms. The summed E-state index contributed by atoms with van der Waals surface area (Å²) in [5.41, 5.74) is 13.9. The number of nitrogens with two attached hydrogens (primary N) is 2. The highest BCUT2D eigenvalue weighted by molar-refractivity contribution is 6.30. The Labute approximate surface area is 152 Å². The fourth-order valence-electron chi connectivity index (χ4n) is 1.90. The van der Waals surface area contributed by atoms with Gasteiger partial charge in [0.15, 0.2) is 0 Å². The van der Waals surface area contributed by atoms with Crippen LogP contribution < -0.4 is 11.5 Å². The second-order valence-electron chi connectivity index (χ2n) is 4.66. The van der Waals surface area contributed by atoms with Gasteiger partial charge < -0.3 is 11.5 Å². The van der Waals surface area contributed by atoms with E-state index in [-0.39, 0.29) is 10.3 Å². The maximum atomic E-state index is 5.92. The van der Waals surface area contributed by atoms with Crippen molar-refractivity contribution in [2.75, 3.05) is 7.05 Å². The fourth-order valence-corrected chi connectivity index (χ4v) is 2.18. The Balaban J connectivity index is 3.49. The molecule has 126 valence electrons. The number of nitrogens with zero attached hydrogens (tertiary/aromatic N) is 2. The lowest BCUT2D eigenvalue weighted by molar-refractivity contribution is 0.458. The van der Waals surface area contributed by atoms with Gasteiger partial charge in [0.05, 0.1) is 11.4 Å². The number of hydrogen-bond donors (Lipinski definition) is 2. The number of benzene rings is 1. The summed E-state index contributed by atoms with van der Waals surface area (Å²) in [6.07, 6.45) is 6.60. The van der Waals surface area contributed by atoms with Gasteiger partial charge in [0.1, 0.15) is 10.3 Å². The SMILES string of the molecule is C=C/C=C(C=C)/C(=N/N(C)C(/C=C(\N)Cl)=C(/N)Cl)c1ccccc1. The number of hydrogen-bond acceptors (Lipinski definition) is 4. The van der Waals surface area contributed by atoms with Gasteiger partial charge in [-0.3, -0.25) is 5.01 Å². The van der Waals surface area contributed by atoms with E-state index in [1.54, 1.807) is 19.2 Å². The second-order valence-corrected chi connectivity index (χ2v) is 5.51. The van der Waals surface area contributed by atoms with Gasteiger partial charge in [-0.25, -0.2) is 0 Å². The van der Waals surface area contributed by atoms with Crippen molar-refractivity contribution in [2.45, 2.75) is 0 Å². The number of allylic oxidation sites excluding steroid dienone is 5. The summed E-state index contributed by atoms with van der Waals surface area (Å²) in [7, 11) is 1.69. The average Bonchev–Trinajstić information content (AvgIpc) is 2.56. The molecule has 24 heavy (non-hydrogen) atoms. The standard InChI is InChI=1S/C18H20Cl2N4/c1-4-9-13(5-2)17(14-10-7-6-8-11-14)23-24(3)15(18(20)22)12-16(19)21/h4-12H,1-2,21-22H2,3H3/b13-9+,16-12-,18-15+,23-17-. The quantitative estimate of drug-likeness (QED) is 0.333. The van der Waals surface area contributed by atoms with Crippen LogP contribution in [0.2, 0.25) is 0 Å². The monoisotopic (exact) mass is 362 g/mol. The second kappa shape index (κ2) is 9.65. The zero-order valence-corrected chi connectivity index (χ0v) is 14.9. The molecule has 0 spiro atoms. The van der Waals surface area contributed by atoms with Gasteiger partial charge in [-0.1, -0.05) is 84.9 Å². The normalized spacial score (nSPS) is 14.0. The maximum Gasteiger partial charge on any atom is 0.125 e. The first-order chi connectivity index (χ1) is 11.4. The van der Waals surface area contributed by atoms with Gasteiger partial charge in [-0.15, -0.1) is 0 Å². The van der Waals surface area contributed by atoms with Crippen molar-refractivity contribution in [3.05, 3.63) is 94.9 Å². The summed E-state index contributed by atoms with van der Waals surface area (Å²) < 4.78 is 0. The highest BCUT2D eigenvalue weighted by Crippen LogP contribution is 2.17. The fraction of sp³-hybridized carbons (Fsp3) is 0.0556. The molecule has 0 amide bonds. The molecule has 0 saturated carbocycles. The Morgan fingerprint density at radius 1 is 1.17 bits per heavy atom. The minimum atomic E-state index is 0.0186. The Morgan fingerprint density at radius 2 is 1.79 bits per heavy atom. The third kappa shape index (κ3) is 5.65. The smallest absolute Gasteiger partial charge is 0.125 e. The Hall–Kier alpha value is -2.43. The molecule has 0 heterocycles. The average molecular weight is 363 g/mol. The highest BCUT2D eigenvalue weighted by Gasteiger charge is 2.11. The lowest BCUT2D eigenvalue weighted by atomic mass is 10.0. The van der Waals surface area contributed by atoms with Crippen LogP contribution in [0.3, 0.4) is 0 Å². The van der Waals surface area contributed by atoms with E-state index in [1.165, 1.54) is 11.1 Å². The van der Waals surface area contributed by atoms with Crippen LogP contribution in [0.25, 0.3) is 0 Å². The number of hydrazone groups is 1. The van der Waals surface area contributed by atoms with Gasteiger partial charge in [-0.05, 0) is 0 Å². The van der Waals surface area contributed by atoms with Crippen molar-refractivity contribution in [1.29, 1.82) is 0 Å². The Kier molecular flexibility index (Phi) is 7.89. The van der Waals surface area contributed by atoms with Crippen molar-refractivity contribution in [3.8, 4) is 0 Å². The van der Waals surface area contributed by atoms with E-state index in [0.29, 0.717) is 11.4 Å². The number of rotatable bonds is 7. The molecular weight excluding hydrogens is 343 g/mol. The van der Waals surface area contributed by atoms with Gasteiger partial charge in [0, 0.05) is 24.3 Å². The molecule has 1 aromatic carbocycles. The molecule has 0 aromatic heterocycles. The van der Waals surface area contributed by atoms with Gasteiger partial charge >= 0.3 is 0 Å². The molecule has 1 aromatic rings. The topological polar surface area (TPSA) is 67.6 Å². The lowest BCUT2D eigenvalue weighted by Crippen LogP contribution is -2.18. The number of halogens is 2. The van der Waals surface area contributed by atoms with Crippen molar-refractivity contribution in [1.82, 2.24) is 5.01 Å².